The molecule has 1 aromatic carbocycles. The molecule has 0 radical (unpaired) electrons. The number of benzene rings is 1. The molecule has 2 heteroatoms. The summed E-state index contributed by atoms with van der Waals surface area (Å²) in [7, 11) is 1.66. The molecule has 0 amide bonds. The van der Waals surface area contributed by atoms with Crippen molar-refractivity contribution in [2.75, 3.05) is 7.11 Å². The summed E-state index contributed by atoms with van der Waals surface area (Å²) in [6.07, 6.45) is 0. The molecule has 0 aliphatic carbocycles. The molecule has 0 fully saturated rings. The number of halogens is 1. The Morgan fingerprint density at radius 1 is 1.29 bits per heavy atom. The first-order valence-corrected chi connectivity index (χ1v) is 5.27. The van der Waals surface area contributed by atoms with E-state index in [0.717, 1.165) is 10.2 Å². The SMILES string of the molecule is C=C(OC)C(C)(C)c1ccc(Br)cc1. The van der Waals surface area contributed by atoms with Crippen LogP contribution in [0.2, 0.25) is 0 Å². The number of hydrogen-bond acceptors (Lipinski definition) is 1. The molecule has 1 rings (SSSR count). The van der Waals surface area contributed by atoms with Gasteiger partial charge in [0.2, 0.25) is 0 Å². The lowest BCUT2D eigenvalue weighted by atomic mass is 9.83. The van der Waals surface area contributed by atoms with Gasteiger partial charge in [0.05, 0.1) is 12.9 Å². The Morgan fingerprint density at radius 3 is 2.21 bits per heavy atom. The third-order valence-corrected chi connectivity index (χ3v) is 3.04. The molecule has 14 heavy (non-hydrogen) atoms. The van der Waals surface area contributed by atoms with Gasteiger partial charge in [0.1, 0.15) is 0 Å². The van der Waals surface area contributed by atoms with Crippen molar-refractivity contribution in [3.05, 3.63) is 46.6 Å². The smallest absolute Gasteiger partial charge is 0.0983 e. The van der Waals surface area contributed by atoms with Crippen LogP contribution in [0.4, 0.5) is 0 Å². The van der Waals surface area contributed by atoms with Crippen LogP contribution in [0.25, 0.3) is 0 Å². The van der Waals surface area contributed by atoms with Crippen LogP contribution in [-0.2, 0) is 10.2 Å². The number of ether oxygens (including phenoxy) is 1. The van der Waals surface area contributed by atoms with Crippen LogP contribution in [0.5, 0.6) is 0 Å². The number of hydrogen-bond donors (Lipinski definition) is 0. The molecule has 0 saturated heterocycles. The predicted molar refractivity (Wildman–Crippen MR) is 63.3 cm³/mol. The van der Waals surface area contributed by atoms with Crippen molar-refractivity contribution in [3.8, 4) is 0 Å². The molecule has 1 nitrogen and oxygen atoms in total. The minimum atomic E-state index is -0.143. The van der Waals surface area contributed by atoms with Gasteiger partial charge in [0.15, 0.2) is 0 Å². The minimum Gasteiger partial charge on any atom is -0.501 e. The highest BCUT2D eigenvalue weighted by molar-refractivity contribution is 9.10. The summed E-state index contributed by atoms with van der Waals surface area (Å²) in [5.74, 6) is 0.778. The van der Waals surface area contributed by atoms with E-state index in [9.17, 15) is 0 Å². The Labute approximate surface area is 93.9 Å². The van der Waals surface area contributed by atoms with Crippen molar-refractivity contribution in [2.45, 2.75) is 19.3 Å². The average molecular weight is 255 g/mol. The lowest BCUT2D eigenvalue weighted by Gasteiger charge is -2.26. The molecule has 0 aliphatic heterocycles. The lowest BCUT2D eigenvalue weighted by Crippen LogP contribution is -2.20. The molecule has 0 saturated carbocycles. The van der Waals surface area contributed by atoms with Gasteiger partial charge in [-0.3, -0.25) is 0 Å². The molecule has 0 aliphatic rings. The second kappa shape index (κ2) is 4.18. The van der Waals surface area contributed by atoms with Crippen LogP contribution in [-0.4, -0.2) is 7.11 Å². The van der Waals surface area contributed by atoms with Gasteiger partial charge in [-0.05, 0) is 31.5 Å². The Balaban J connectivity index is 3.03. The molecule has 0 N–H and O–H groups in total. The average Bonchev–Trinajstić information content (AvgIpc) is 2.17. The van der Waals surface area contributed by atoms with E-state index >= 15 is 0 Å². The van der Waals surface area contributed by atoms with E-state index in [0.29, 0.717) is 0 Å². The van der Waals surface area contributed by atoms with Crippen LogP contribution in [0.1, 0.15) is 19.4 Å². The van der Waals surface area contributed by atoms with Gasteiger partial charge < -0.3 is 4.74 Å². The molecule has 76 valence electrons. The fourth-order valence-electron chi connectivity index (χ4n) is 1.28. The molecule has 0 heterocycles. The van der Waals surface area contributed by atoms with Gasteiger partial charge in [0.25, 0.3) is 0 Å². The standard InChI is InChI=1S/C12H15BrO/c1-9(14-4)12(2,3)10-5-7-11(13)8-6-10/h5-8H,1H2,2-4H3. The summed E-state index contributed by atoms with van der Waals surface area (Å²) in [6, 6.07) is 8.21. The molecule has 0 spiro atoms. The molecule has 0 bridgehead atoms. The quantitative estimate of drug-likeness (QED) is 0.744. The number of methoxy groups -OCH3 is 1. The monoisotopic (exact) mass is 254 g/mol. The van der Waals surface area contributed by atoms with Gasteiger partial charge in [-0.25, -0.2) is 0 Å². The first-order valence-electron chi connectivity index (χ1n) is 4.48. The van der Waals surface area contributed by atoms with E-state index in [-0.39, 0.29) is 5.41 Å². The highest BCUT2D eigenvalue weighted by atomic mass is 79.9. The van der Waals surface area contributed by atoms with E-state index < -0.39 is 0 Å². The van der Waals surface area contributed by atoms with E-state index in [1.807, 2.05) is 12.1 Å². The third-order valence-electron chi connectivity index (χ3n) is 2.51. The molecule has 1 aromatic rings. The van der Waals surface area contributed by atoms with Crippen LogP contribution in [0.3, 0.4) is 0 Å². The van der Waals surface area contributed by atoms with Crippen LogP contribution in [0.15, 0.2) is 41.1 Å². The van der Waals surface area contributed by atoms with Crippen molar-refractivity contribution in [1.29, 1.82) is 0 Å². The van der Waals surface area contributed by atoms with Crippen LogP contribution < -0.4 is 0 Å². The Hall–Kier alpha value is -0.760. The lowest BCUT2D eigenvalue weighted by molar-refractivity contribution is 0.237. The highest BCUT2D eigenvalue weighted by Crippen LogP contribution is 2.31. The third kappa shape index (κ3) is 2.18. The summed E-state index contributed by atoms with van der Waals surface area (Å²) in [6.45, 7) is 8.11. The maximum atomic E-state index is 5.19. The number of rotatable bonds is 3. The van der Waals surface area contributed by atoms with E-state index in [1.165, 1.54) is 5.56 Å². The molecule has 0 atom stereocenters. The molecule has 0 aromatic heterocycles. The second-order valence-corrected chi connectivity index (χ2v) is 4.67. The summed E-state index contributed by atoms with van der Waals surface area (Å²) < 4.78 is 6.28. The van der Waals surface area contributed by atoms with Crippen LogP contribution in [0, 0.1) is 0 Å². The van der Waals surface area contributed by atoms with Crippen molar-refractivity contribution >= 4 is 15.9 Å². The van der Waals surface area contributed by atoms with E-state index in [1.54, 1.807) is 7.11 Å². The van der Waals surface area contributed by atoms with Gasteiger partial charge in [-0.15, -0.1) is 0 Å². The highest BCUT2D eigenvalue weighted by Gasteiger charge is 2.24. The van der Waals surface area contributed by atoms with Gasteiger partial charge >= 0.3 is 0 Å². The molecule has 0 unspecified atom stereocenters. The van der Waals surface area contributed by atoms with Crippen molar-refractivity contribution in [3.63, 3.8) is 0 Å². The zero-order valence-electron chi connectivity index (χ0n) is 8.80. The Bertz CT molecular complexity index is 325. The fourth-order valence-corrected chi connectivity index (χ4v) is 1.55. The number of allylic oxidation sites excluding steroid dienone is 1. The van der Waals surface area contributed by atoms with E-state index in [4.69, 9.17) is 4.74 Å². The van der Waals surface area contributed by atoms with Crippen molar-refractivity contribution in [2.24, 2.45) is 0 Å². The first kappa shape index (κ1) is 11.3. The maximum absolute atomic E-state index is 5.19. The van der Waals surface area contributed by atoms with Crippen molar-refractivity contribution < 1.29 is 4.74 Å². The Kier molecular flexibility index (Phi) is 3.38. The van der Waals surface area contributed by atoms with Gasteiger partial charge in [-0.1, -0.05) is 34.6 Å². The fraction of sp³-hybridized carbons (Fsp3) is 0.333. The van der Waals surface area contributed by atoms with E-state index in [2.05, 4.69) is 48.5 Å². The van der Waals surface area contributed by atoms with Crippen LogP contribution >= 0.6 is 15.9 Å². The zero-order chi connectivity index (χ0) is 10.8. The van der Waals surface area contributed by atoms with Gasteiger partial charge in [0, 0.05) is 9.89 Å². The summed E-state index contributed by atoms with van der Waals surface area (Å²) in [4.78, 5) is 0. The minimum absolute atomic E-state index is 0.143. The predicted octanol–water partition coefficient (Wildman–Crippen LogP) is 3.89. The topological polar surface area (TPSA) is 9.23 Å². The second-order valence-electron chi connectivity index (χ2n) is 3.76. The normalized spacial score (nSPS) is 11.1. The van der Waals surface area contributed by atoms with Gasteiger partial charge in [-0.2, -0.15) is 0 Å². The first-order chi connectivity index (χ1) is 6.48. The molecular weight excluding hydrogens is 240 g/mol. The largest absolute Gasteiger partial charge is 0.501 e. The maximum Gasteiger partial charge on any atom is 0.0983 e. The Morgan fingerprint density at radius 2 is 1.79 bits per heavy atom. The molecular formula is C12H15BrO. The van der Waals surface area contributed by atoms with Crippen molar-refractivity contribution in [1.82, 2.24) is 0 Å². The zero-order valence-corrected chi connectivity index (χ0v) is 10.4. The summed E-state index contributed by atoms with van der Waals surface area (Å²) in [5.41, 5.74) is 1.06. The summed E-state index contributed by atoms with van der Waals surface area (Å²) in [5, 5.41) is 0. The summed E-state index contributed by atoms with van der Waals surface area (Å²) >= 11 is 3.41.